The summed E-state index contributed by atoms with van der Waals surface area (Å²) >= 11 is 0. The van der Waals surface area contributed by atoms with E-state index >= 15 is 0 Å². The molecule has 0 saturated heterocycles. The highest BCUT2D eigenvalue weighted by Gasteiger charge is 2.36. The molecular formula is C14H17N3O5. The van der Waals surface area contributed by atoms with E-state index in [4.69, 9.17) is 10.8 Å². The summed E-state index contributed by atoms with van der Waals surface area (Å²) in [5, 5.41) is 19.9. The summed E-state index contributed by atoms with van der Waals surface area (Å²) < 4.78 is 0. The van der Waals surface area contributed by atoms with Gasteiger partial charge in [0.15, 0.2) is 0 Å². The van der Waals surface area contributed by atoms with Gasteiger partial charge >= 0.3 is 5.97 Å². The normalized spacial score (nSPS) is 15.1. The van der Waals surface area contributed by atoms with Gasteiger partial charge in [0.05, 0.1) is 16.4 Å². The number of nitrogens with two attached hydrogens (primary N) is 1. The van der Waals surface area contributed by atoms with Crippen LogP contribution in [0.25, 0.3) is 0 Å². The van der Waals surface area contributed by atoms with E-state index in [1.165, 1.54) is 30.0 Å². The number of para-hydroxylation sites is 1. The molecule has 1 aliphatic carbocycles. The summed E-state index contributed by atoms with van der Waals surface area (Å²) in [5.74, 6) is -2.17. The zero-order valence-corrected chi connectivity index (χ0v) is 12.1. The van der Waals surface area contributed by atoms with Gasteiger partial charge in [0.2, 0.25) is 0 Å². The Morgan fingerprint density at radius 1 is 1.50 bits per heavy atom. The van der Waals surface area contributed by atoms with E-state index in [9.17, 15) is 19.7 Å². The Balaban J connectivity index is 2.30. The molecule has 8 heteroatoms. The van der Waals surface area contributed by atoms with Crippen LogP contribution in [0.1, 0.15) is 30.1 Å². The number of rotatable bonds is 6. The largest absolute Gasteiger partial charge is 0.481 e. The summed E-state index contributed by atoms with van der Waals surface area (Å²) in [6, 6.07) is 4.03. The lowest BCUT2D eigenvalue weighted by atomic mass is 10.1. The van der Waals surface area contributed by atoms with Crippen LogP contribution in [0, 0.1) is 16.0 Å². The minimum absolute atomic E-state index is 0.0204. The fourth-order valence-electron chi connectivity index (χ4n) is 2.21. The number of nitrogen functional groups attached to an aromatic ring is 1. The topological polar surface area (TPSA) is 127 Å². The highest BCUT2D eigenvalue weighted by molar-refractivity contribution is 6.01. The molecule has 2 rings (SSSR count). The number of hydrogen-bond donors (Lipinski definition) is 2. The molecule has 22 heavy (non-hydrogen) atoms. The van der Waals surface area contributed by atoms with Crippen LogP contribution in [0.2, 0.25) is 0 Å². The molecule has 0 aromatic heterocycles. The second-order valence-electron chi connectivity index (χ2n) is 5.42. The number of nitro benzene ring substituents is 1. The number of carboxylic acids is 1. The van der Waals surface area contributed by atoms with E-state index in [0.29, 0.717) is 0 Å². The van der Waals surface area contributed by atoms with E-state index < -0.39 is 22.7 Å². The molecule has 3 N–H and O–H groups in total. The Morgan fingerprint density at radius 2 is 2.14 bits per heavy atom. The van der Waals surface area contributed by atoms with Gasteiger partial charge in [-0.3, -0.25) is 19.7 Å². The monoisotopic (exact) mass is 307 g/mol. The first kappa shape index (κ1) is 15.7. The van der Waals surface area contributed by atoms with Crippen LogP contribution >= 0.6 is 0 Å². The average molecular weight is 307 g/mol. The van der Waals surface area contributed by atoms with E-state index in [1.54, 1.807) is 0 Å². The van der Waals surface area contributed by atoms with Crippen molar-refractivity contribution in [3.05, 3.63) is 33.9 Å². The number of hydrogen-bond acceptors (Lipinski definition) is 5. The second-order valence-corrected chi connectivity index (χ2v) is 5.42. The average Bonchev–Trinajstić information content (AvgIpc) is 3.28. The highest BCUT2D eigenvalue weighted by Crippen LogP contribution is 2.32. The number of aliphatic carboxylic acids is 1. The van der Waals surface area contributed by atoms with E-state index in [2.05, 4.69) is 0 Å². The van der Waals surface area contributed by atoms with Crippen molar-refractivity contribution in [3.8, 4) is 0 Å². The van der Waals surface area contributed by atoms with Crippen LogP contribution in [0.3, 0.4) is 0 Å². The summed E-state index contributed by atoms with van der Waals surface area (Å²) in [6.07, 6.45) is 1.60. The van der Waals surface area contributed by atoms with Crippen LogP contribution in [0.4, 0.5) is 11.4 Å². The number of anilines is 1. The van der Waals surface area contributed by atoms with Gasteiger partial charge in [0, 0.05) is 18.7 Å². The molecule has 1 atom stereocenters. The van der Waals surface area contributed by atoms with Crippen molar-refractivity contribution < 1.29 is 19.6 Å². The predicted octanol–water partition coefficient (Wildman–Crippen LogP) is 1.50. The molecule has 1 aromatic rings. The molecule has 1 saturated carbocycles. The molecule has 8 nitrogen and oxygen atoms in total. The molecule has 1 aromatic carbocycles. The van der Waals surface area contributed by atoms with Crippen LogP contribution in [0.5, 0.6) is 0 Å². The second kappa shape index (κ2) is 6.00. The lowest BCUT2D eigenvalue weighted by Gasteiger charge is -2.25. The van der Waals surface area contributed by atoms with E-state index in [0.717, 1.165) is 12.8 Å². The Kier molecular flexibility index (Phi) is 4.30. The zero-order chi connectivity index (χ0) is 16.4. The summed E-state index contributed by atoms with van der Waals surface area (Å²) in [6.45, 7) is 1.57. The standard InChI is InChI=1S/C14H17N3O5/c1-8(14(19)20)7-16(9-5-6-9)13(18)10-3-2-4-11(12(10)15)17(21)22/h2-4,8-9H,5-7,15H2,1H3,(H,19,20). The maximum atomic E-state index is 12.6. The van der Waals surface area contributed by atoms with Gasteiger partial charge < -0.3 is 15.7 Å². The molecule has 118 valence electrons. The third-order valence-electron chi connectivity index (χ3n) is 3.65. The number of carbonyl (C=O) groups excluding carboxylic acids is 1. The van der Waals surface area contributed by atoms with Crippen molar-refractivity contribution in [1.82, 2.24) is 4.90 Å². The van der Waals surface area contributed by atoms with Gasteiger partial charge in [-0.1, -0.05) is 13.0 Å². The molecule has 1 fully saturated rings. The highest BCUT2D eigenvalue weighted by atomic mass is 16.6. The summed E-state index contributed by atoms with van der Waals surface area (Å²) in [4.78, 5) is 35.3. The van der Waals surface area contributed by atoms with Gasteiger partial charge in [-0.05, 0) is 18.9 Å². The molecule has 0 bridgehead atoms. The molecular weight excluding hydrogens is 290 g/mol. The number of nitrogens with zero attached hydrogens (tertiary/aromatic N) is 2. The number of benzene rings is 1. The van der Waals surface area contributed by atoms with Crippen molar-refractivity contribution in [2.24, 2.45) is 5.92 Å². The maximum Gasteiger partial charge on any atom is 0.308 e. The number of amides is 1. The minimum Gasteiger partial charge on any atom is -0.481 e. The SMILES string of the molecule is CC(CN(C(=O)c1cccc([N+](=O)[O-])c1N)C1CC1)C(=O)O. The maximum absolute atomic E-state index is 12.6. The minimum atomic E-state index is -0.995. The Bertz CT molecular complexity index is 627. The first-order valence-corrected chi connectivity index (χ1v) is 6.89. The van der Waals surface area contributed by atoms with Gasteiger partial charge in [0.1, 0.15) is 5.69 Å². The third kappa shape index (κ3) is 3.16. The van der Waals surface area contributed by atoms with Crippen molar-refractivity contribution >= 4 is 23.3 Å². The van der Waals surface area contributed by atoms with E-state index in [-0.39, 0.29) is 29.5 Å². The lowest BCUT2D eigenvalue weighted by molar-refractivity contribution is -0.383. The molecule has 0 spiro atoms. The fourth-order valence-corrected chi connectivity index (χ4v) is 2.21. The molecule has 1 aliphatic rings. The predicted molar refractivity (Wildman–Crippen MR) is 78.4 cm³/mol. The van der Waals surface area contributed by atoms with Crippen LogP contribution in [-0.4, -0.2) is 39.4 Å². The van der Waals surface area contributed by atoms with Crippen LogP contribution in [-0.2, 0) is 4.79 Å². The van der Waals surface area contributed by atoms with Crippen molar-refractivity contribution in [3.63, 3.8) is 0 Å². The van der Waals surface area contributed by atoms with Gasteiger partial charge in [-0.2, -0.15) is 0 Å². The quantitative estimate of drug-likeness (QED) is 0.466. The number of nitro groups is 1. The lowest BCUT2D eigenvalue weighted by Crippen LogP contribution is -2.38. The summed E-state index contributed by atoms with van der Waals surface area (Å²) in [5.41, 5.74) is 5.25. The van der Waals surface area contributed by atoms with Crippen molar-refractivity contribution in [2.75, 3.05) is 12.3 Å². The van der Waals surface area contributed by atoms with Crippen LogP contribution < -0.4 is 5.73 Å². The number of carbonyl (C=O) groups is 2. The Labute approximate surface area is 126 Å². The molecule has 0 heterocycles. The fraction of sp³-hybridized carbons (Fsp3) is 0.429. The van der Waals surface area contributed by atoms with Gasteiger partial charge in [0.25, 0.3) is 11.6 Å². The molecule has 0 aliphatic heterocycles. The van der Waals surface area contributed by atoms with Gasteiger partial charge in [-0.25, -0.2) is 0 Å². The first-order chi connectivity index (χ1) is 10.3. The zero-order valence-electron chi connectivity index (χ0n) is 12.1. The van der Waals surface area contributed by atoms with Crippen molar-refractivity contribution in [1.29, 1.82) is 0 Å². The molecule has 0 radical (unpaired) electrons. The van der Waals surface area contributed by atoms with E-state index in [1.807, 2.05) is 0 Å². The Morgan fingerprint density at radius 3 is 2.64 bits per heavy atom. The van der Waals surface area contributed by atoms with Crippen LogP contribution in [0.15, 0.2) is 18.2 Å². The third-order valence-corrected chi connectivity index (χ3v) is 3.65. The summed E-state index contributed by atoms with van der Waals surface area (Å²) in [7, 11) is 0. The van der Waals surface area contributed by atoms with Gasteiger partial charge in [-0.15, -0.1) is 0 Å². The smallest absolute Gasteiger partial charge is 0.308 e. The van der Waals surface area contributed by atoms with Crippen molar-refractivity contribution in [2.45, 2.75) is 25.8 Å². The molecule has 1 unspecified atom stereocenters. The molecule has 1 amide bonds. The number of carboxylic acid groups (broad SMARTS) is 1. The first-order valence-electron chi connectivity index (χ1n) is 6.89. The Hall–Kier alpha value is -2.64.